The van der Waals surface area contributed by atoms with Crippen LogP contribution < -0.4 is 14.8 Å². The minimum Gasteiger partial charge on any atom is -0.493 e. The van der Waals surface area contributed by atoms with E-state index in [0.717, 1.165) is 5.56 Å². The summed E-state index contributed by atoms with van der Waals surface area (Å²) in [4.78, 5) is 18.4. The summed E-state index contributed by atoms with van der Waals surface area (Å²) in [6, 6.07) is 8.71. The van der Waals surface area contributed by atoms with Gasteiger partial charge in [-0.15, -0.1) is 0 Å². The van der Waals surface area contributed by atoms with Gasteiger partial charge >= 0.3 is 0 Å². The lowest BCUT2D eigenvalue weighted by Crippen LogP contribution is -2.39. The molecule has 1 aromatic heterocycles. The number of likely N-dealkylation sites (N-methyl/N-ethyl adjacent to an activating group) is 1. The molecule has 7 heteroatoms. The second-order valence-corrected chi connectivity index (χ2v) is 6.07. The molecule has 0 aliphatic carbocycles. The third kappa shape index (κ3) is 5.08. The number of amides is 1. The number of rotatable bonds is 7. The lowest BCUT2D eigenvalue weighted by Gasteiger charge is -2.24. The summed E-state index contributed by atoms with van der Waals surface area (Å²) in [7, 11) is 5.08. The Kier molecular flexibility index (Phi) is 6.61. The van der Waals surface area contributed by atoms with Crippen molar-refractivity contribution in [3.05, 3.63) is 47.1 Å². The third-order valence-electron chi connectivity index (χ3n) is 3.90. The Morgan fingerprint density at radius 2 is 1.96 bits per heavy atom. The minimum atomic E-state index is -0.342. The first-order valence-electron chi connectivity index (χ1n) is 7.78. The average molecular weight is 364 g/mol. The number of methoxy groups -OCH3 is 2. The summed E-state index contributed by atoms with van der Waals surface area (Å²) in [6.45, 7) is 2.43. The maximum Gasteiger partial charge on any atom is 0.242 e. The van der Waals surface area contributed by atoms with Crippen molar-refractivity contribution >= 4 is 23.3 Å². The van der Waals surface area contributed by atoms with Crippen molar-refractivity contribution in [1.29, 1.82) is 0 Å². The highest BCUT2D eigenvalue weighted by molar-refractivity contribution is 6.30. The Morgan fingerprint density at radius 3 is 2.56 bits per heavy atom. The van der Waals surface area contributed by atoms with E-state index >= 15 is 0 Å². The average Bonchev–Trinajstić information content (AvgIpc) is 2.62. The van der Waals surface area contributed by atoms with Crippen molar-refractivity contribution in [1.82, 2.24) is 9.88 Å². The van der Waals surface area contributed by atoms with Gasteiger partial charge in [-0.3, -0.25) is 9.69 Å². The highest BCUT2D eigenvalue weighted by Gasteiger charge is 2.19. The van der Waals surface area contributed by atoms with Crippen molar-refractivity contribution in [2.24, 2.45) is 0 Å². The molecule has 25 heavy (non-hydrogen) atoms. The SMILES string of the molecule is COc1ccc(CN(C)C(C)C(=O)Nc2ccc(Cl)cn2)cc1OC. The van der Waals surface area contributed by atoms with Crippen LogP contribution in [0.1, 0.15) is 12.5 Å². The largest absolute Gasteiger partial charge is 0.493 e. The molecule has 0 radical (unpaired) electrons. The van der Waals surface area contributed by atoms with Gasteiger partial charge in [0.25, 0.3) is 0 Å². The molecule has 2 rings (SSSR count). The number of benzene rings is 1. The number of ether oxygens (including phenoxy) is 2. The molecule has 0 saturated heterocycles. The van der Waals surface area contributed by atoms with Crippen LogP contribution in [-0.2, 0) is 11.3 Å². The number of hydrogen-bond acceptors (Lipinski definition) is 5. The first kappa shape index (κ1) is 19.0. The number of hydrogen-bond donors (Lipinski definition) is 1. The van der Waals surface area contributed by atoms with E-state index in [1.165, 1.54) is 6.20 Å². The van der Waals surface area contributed by atoms with Gasteiger partial charge < -0.3 is 14.8 Å². The molecule has 0 aliphatic heterocycles. The Hall–Kier alpha value is -2.31. The molecule has 0 aliphatic rings. The molecule has 0 spiro atoms. The molecule has 2 aromatic rings. The fraction of sp³-hybridized carbons (Fsp3) is 0.333. The number of aromatic nitrogens is 1. The van der Waals surface area contributed by atoms with Crippen molar-refractivity contribution < 1.29 is 14.3 Å². The summed E-state index contributed by atoms with van der Waals surface area (Å²) >= 11 is 5.80. The third-order valence-corrected chi connectivity index (χ3v) is 4.12. The van der Waals surface area contributed by atoms with E-state index in [1.54, 1.807) is 26.4 Å². The van der Waals surface area contributed by atoms with E-state index in [-0.39, 0.29) is 11.9 Å². The summed E-state index contributed by atoms with van der Waals surface area (Å²) in [5.41, 5.74) is 1.02. The fourth-order valence-electron chi connectivity index (χ4n) is 2.28. The number of anilines is 1. The number of nitrogens with one attached hydrogen (secondary N) is 1. The number of halogens is 1. The predicted molar refractivity (Wildman–Crippen MR) is 98.4 cm³/mol. The molecule has 1 aromatic carbocycles. The van der Waals surface area contributed by atoms with E-state index in [2.05, 4.69) is 10.3 Å². The zero-order valence-electron chi connectivity index (χ0n) is 14.7. The molecule has 1 amide bonds. The Balaban J connectivity index is 2.00. The van der Waals surface area contributed by atoms with Crippen molar-refractivity contribution in [3.8, 4) is 11.5 Å². The Labute approximate surface area is 152 Å². The molecule has 1 unspecified atom stereocenters. The first-order valence-corrected chi connectivity index (χ1v) is 8.16. The van der Waals surface area contributed by atoms with Gasteiger partial charge in [0.15, 0.2) is 11.5 Å². The van der Waals surface area contributed by atoms with Gasteiger partial charge in [-0.05, 0) is 43.8 Å². The molecule has 1 heterocycles. The molecule has 1 N–H and O–H groups in total. The van der Waals surface area contributed by atoms with E-state index in [1.807, 2.05) is 37.1 Å². The zero-order valence-corrected chi connectivity index (χ0v) is 15.5. The van der Waals surface area contributed by atoms with E-state index in [9.17, 15) is 4.79 Å². The van der Waals surface area contributed by atoms with Crippen LogP contribution in [0.2, 0.25) is 5.02 Å². The van der Waals surface area contributed by atoms with Crippen LogP contribution in [0.25, 0.3) is 0 Å². The summed E-state index contributed by atoms with van der Waals surface area (Å²) in [5, 5.41) is 3.31. The van der Waals surface area contributed by atoms with Gasteiger partial charge in [0, 0.05) is 12.7 Å². The van der Waals surface area contributed by atoms with Gasteiger partial charge in [0.05, 0.1) is 25.3 Å². The lowest BCUT2D eigenvalue weighted by molar-refractivity contribution is -0.120. The molecule has 6 nitrogen and oxygen atoms in total. The number of carbonyl (C=O) groups is 1. The molecular weight excluding hydrogens is 342 g/mol. The number of pyridine rings is 1. The summed E-state index contributed by atoms with van der Waals surface area (Å²) in [5.74, 6) is 1.67. The Morgan fingerprint density at radius 1 is 1.24 bits per heavy atom. The monoisotopic (exact) mass is 363 g/mol. The van der Waals surface area contributed by atoms with Gasteiger partial charge in [-0.1, -0.05) is 17.7 Å². The summed E-state index contributed by atoms with van der Waals surface area (Å²) in [6.07, 6.45) is 1.50. The normalized spacial score (nSPS) is 11.9. The second-order valence-electron chi connectivity index (χ2n) is 5.63. The van der Waals surface area contributed by atoms with Gasteiger partial charge in [0.1, 0.15) is 5.82 Å². The molecule has 0 bridgehead atoms. The van der Waals surface area contributed by atoms with E-state index < -0.39 is 0 Å². The van der Waals surface area contributed by atoms with Crippen LogP contribution in [0.4, 0.5) is 5.82 Å². The molecule has 134 valence electrons. The predicted octanol–water partition coefficient (Wildman–Crippen LogP) is 3.21. The smallest absolute Gasteiger partial charge is 0.242 e. The van der Waals surface area contributed by atoms with Gasteiger partial charge in [-0.2, -0.15) is 0 Å². The number of carbonyl (C=O) groups excluding carboxylic acids is 1. The minimum absolute atomic E-state index is 0.141. The fourth-order valence-corrected chi connectivity index (χ4v) is 2.40. The summed E-state index contributed by atoms with van der Waals surface area (Å²) < 4.78 is 10.6. The molecule has 0 saturated carbocycles. The highest BCUT2D eigenvalue weighted by Crippen LogP contribution is 2.28. The van der Waals surface area contributed by atoms with Crippen molar-refractivity contribution in [2.45, 2.75) is 19.5 Å². The Bertz CT molecular complexity index is 722. The zero-order chi connectivity index (χ0) is 18.4. The molecular formula is C18H22ClN3O3. The van der Waals surface area contributed by atoms with Crippen LogP contribution in [-0.4, -0.2) is 43.1 Å². The van der Waals surface area contributed by atoms with E-state index in [4.69, 9.17) is 21.1 Å². The van der Waals surface area contributed by atoms with Crippen molar-refractivity contribution in [2.75, 3.05) is 26.6 Å². The topological polar surface area (TPSA) is 63.7 Å². The molecule has 0 fully saturated rings. The van der Waals surface area contributed by atoms with Crippen LogP contribution in [0.3, 0.4) is 0 Å². The standard InChI is InChI=1S/C18H22ClN3O3/c1-12(18(23)21-17-8-6-14(19)10-20-17)22(2)11-13-5-7-15(24-3)16(9-13)25-4/h5-10,12H,11H2,1-4H3,(H,20,21,23). The van der Waals surface area contributed by atoms with Crippen LogP contribution in [0, 0.1) is 0 Å². The maximum absolute atomic E-state index is 12.4. The van der Waals surface area contributed by atoms with Crippen LogP contribution in [0.15, 0.2) is 36.5 Å². The second kappa shape index (κ2) is 8.69. The van der Waals surface area contributed by atoms with Crippen LogP contribution >= 0.6 is 11.6 Å². The van der Waals surface area contributed by atoms with Crippen molar-refractivity contribution in [3.63, 3.8) is 0 Å². The maximum atomic E-state index is 12.4. The van der Waals surface area contributed by atoms with E-state index in [0.29, 0.717) is 28.9 Å². The number of nitrogens with zero attached hydrogens (tertiary/aromatic N) is 2. The van der Waals surface area contributed by atoms with Gasteiger partial charge in [-0.25, -0.2) is 4.98 Å². The van der Waals surface area contributed by atoms with Gasteiger partial charge in [0.2, 0.25) is 5.91 Å². The van der Waals surface area contributed by atoms with Crippen LogP contribution in [0.5, 0.6) is 11.5 Å². The quantitative estimate of drug-likeness (QED) is 0.818. The lowest BCUT2D eigenvalue weighted by atomic mass is 10.1. The molecule has 1 atom stereocenters. The highest BCUT2D eigenvalue weighted by atomic mass is 35.5. The first-order chi connectivity index (χ1) is 11.9.